The maximum atomic E-state index is 14.7. The standard InChI is InChI=1S/C83H119N14O22PS/c1-54(2)75(82(103)96-50-65(119-120(105,106)107)47-69(96)80(101)86-56(5)61-15-17-62(18-16-61)77-57(6)85-53-121-77)72-49-74(92-118-72)116-32-29-93-25-21-64(22-26-93)94-27-28-95-68-48-67(66-11-9-10-12-71(66)98)90-91-78(68)97(59(8)70(95)51-94)83(104)117-52-60-13-19-63(20-14-60)88-79(100)58(7)87-81(102)76(55(3)4)89-73(99)23-30-108-33-35-110-37-39-112-41-43-114-45-46-115-44-42-113-40-38-111-36-34-109-31-24-84/h9-20,48-49,53-56,58-59,64-65,69-70,75-76,98H,21-47,50-52,84H2,1-8H3,(H,86,101)(H,87,102)(H,88,100)(H,89,99)(H2,105,106,107)/t56-,58-,59-,65+,69-,70-,75+,76-/m0/s1. The number of aryl methyl sites for hydroxylation is 1. The number of aromatic hydroxyl groups is 1. The molecule has 36 nitrogen and oxygen atoms in total. The normalized spacial score (nSPS) is 18.2. The summed E-state index contributed by atoms with van der Waals surface area (Å²) in [5.41, 5.74) is 12.5. The number of para-hydroxylation sites is 1. The van der Waals surface area contributed by atoms with Gasteiger partial charge in [0, 0.05) is 75.5 Å². The van der Waals surface area contributed by atoms with Gasteiger partial charge in [-0.15, -0.1) is 21.5 Å². The number of rotatable bonds is 49. The number of phenols is 1. The van der Waals surface area contributed by atoms with Crippen LogP contribution in [-0.2, 0) is 82.3 Å². The van der Waals surface area contributed by atoms with E-state index in [1.165, 1.54) is 16.2 Å². The molecule has 121 heavy (non-hydrogen) atoms. The summed E-state index contributed by atoms with van der Waals surface area (Å²) in [6, 6.07) is 20.9. The van der Waals surface area contributed by atoms with Crippen LogP contribution in [0.3, 0.4) is 0 Å². The molecule has 0 saturated carbocycles. The van der Waals surface area contributed by atoms with E-state index in [-0.39, 0.29) is 87.1 Å². The van der Waals surface area contributed by atoms with Gasteiger partial charge in [-0.25, -0.2) is 14.3 Å². The Morgan fingerprint density at radius 1 is 0.694 bits per heavy atom. The number of phosphoric ester groups is 1. The number of likely N-dealkylation sites (tertiary alicyclic amines) is 2. The van der Waals surface area contributed by atoms with E-state index < -0.39 is 85.7 Å². The molecule has 38 heteroatoms. The Balaban J connectivity index is 0.636. The number of piperazine rings is 1. The molecule has 3 aromatic carbocycles. The second kappa shape index (κ2) is 47.8. The van der Waals surface area contributed by atoms with Gasteiger partial charge in [-0.1, -0.05) is 76.2 Å². The molecule has 7 heterocycles. The first-order chi connectivity index (χ1) is 58.3. The van der Waals surface area contributed by atoms with Crippen LogP contribution in [0.2, 0.25) is 0 Å². The minimum atomic E-state index is -4.99. The van der Waals surface area contributed by atoms with Crippen LogP contribution in [0, 0.1) is 18.8 Å². The molecule has 0 unspecified atom stereocenters. The molecule has 6 amide bonds. The van der Waals surface area contributed by atoms with Gasteiger partial charge in [0.25, 0.3) is 5.88 Å². The van der Waals surface area contributed by atoms with Crippen molar-refractivity contribution in [1.82, 2.24) is 51.0 Å². The first kappa shape index (κ1) is 94.5. The number of carbonyl (C=O) groups is 6. The zero-order chi connectivity index (χ0) is 86.4. The van der Waals surface area contributed by atoms with E-state index in [0.29, 0.717) is 153 Å². The Labute approximate surface area is 709 Å². The molecule has 4 aliphatic heterocycles. The first-order valence-electron chi connectivity index (χ1n) is 41.5. The van der Waals surface area contributed by atoms with Gasteiger partial charge in [0.15, 0.2) is 11.6 Å². The summed E-state index contributed by atoms with van der Waals surface area (Å²) in [4.78, 5) is 118. The SMILES string of the molecule is Cc1ncsc1-c1ccc([C@H](C)NC(=O)[C@@H]2C[C@@H](OP(=O)(O)O)CN2C(=O)[C@@H](c2cc(OCCN3CCC(N4CCN5c6cc(-c7ccccc7O)nnc6N(C(=O)OCc6ccc(NC(=O)[C@H](C)NC(=O)[C@@H](NC(=O)CCOCCOCCOCCOCCOCCOCCOCCOCCN)C(C)C)cc6)[C@@H](C)[C@@H]5C4)CC3)no2)C(C)C)cc1. The van der Waals surface area contributed by atoms with E-state index in [4.69, 9.17) is 62.1 Å². The van der Waals surface area contributed by atoms with Gasteiger partial charge < -0.3 is 104 Å². The van der Waals surface area contributed by atoms with E-state index in [9.17, 15) is 48.2 Å². The molecule has 3 saturated heterocycles. The second-order valence-electron chi connectivity index (χ2n) is 30.8. The van der Waals surface area contributed by atoms with Crippen LogP contribution >= 0.6 is 19.2 Å². The third-order valence-electron chi connectivity index (χ3n) is 21.4. The van der Waals surface area contributed by atoms with E-state index in [1.54, 1.807) is 85.8 Å². The number of phosphoric acid groups is 1. The van der Waals surface area contributed by atoms with Crippen molar-refractivity contribution in [3.05, 3.63) is 113 Å². The molecule has 9 N–H and O–H groups in total. The summed E-state index contributed by atoms with van der Waals surface area (Å²) in [7, 11) is -4.99. The van der Waals surface area contributed by atoms with Crippen molar-refractivity contribution >= 4 is 72.0 Å². The summed E-state index contributed by atoms with van der Waals surface area (Å²) < 4.78 is 79.0. The summed E-state index contributed by atoms with van der Waals surface area (Å²) >= 11 is 1.53. The lowest BCUT2D eigenvalue weighted by molar-refractivity contribution is -0.141. The molecule has 3 fully saturated rings. The average Bonchev–Trinajstić information content (AvgIpc) is 1.48. The van der Waals surface area contributed by atoms with Crippen molar-refractivity contribution in [2.45, 2.75) is 142 Å². The highest BCUT2D eigenvalue weighted by molar-refractivity contribution is 7.46. The van der Waals surface area contributed by atoms with Gasteiger partial charge in [0.2, 0.25) is 29.5 Å². The Kier molecular flexibility index (Phi) is 37.3. The smallest absolute Gasteiger partial charge is 0.469 e. The predicted octanol–water partition coefficient (Wildman–Crippen LogP) is 6.61. The van der Waals surface area contributed by atoms with E-state index in [2.05, 4.69) is 56.3 Å². The Bertz CT molecular complexity index is 4290. The maximum absolute atomic E-state index is 14.7. The van der Waals surface area contributed by atoms with Gasteiger partial charge in [0.05, 0.1) is 157 Å². The number of anilines is 3. The van der Waals surface area contributed by atoms with Gasteiger partial charge in [-0.05, 0) is 118 Å². The number of carbonyl (C=O) groups excluding carboxylic acids is 6. The molecule has 0 radical (unpaired) electrons. The molecule has 3 aromatic heterocycles. The van der Waals surface area contributed by atoms with Crippen LogP contribution in [0.4, 0.5) is 22.0 Å². The van der Waals surface area contributed by atoms with Crippen LogP contribution in [0.25, 0.3) is 21.7 Å². The van der Waals surface area contributed by atoms with E-state index in [1.807, 2.05) is 65.0 Å². The van der Waals surface area contributed by atoms with Crippen molar-refractivity contribution in [3.63, 3.8) is 0 Å². The van der Waals surface area contributed by atoms with Gasteiger partial charge in [-0.3, -0.25) is 43.2 Å². The number of nitrogens with two attached hydrogens (primary N) is 1. The highest BCUT2D eigenvalue weighted by atomic mass is 32.1. The summed E-state index contributed by atoms with van der Waals surface area (Å²) in [6.45, 7) is 25.5. The average molecular weight is 1730 g/mol. The van der Waals surface area contributed by atoms with Crippen LogP contribution in [-0.4, -0.2) is 293 Å². The number of fused-ring (bicyclic) bond motifs is 3. The molecule has 4 aliphatic rings. The Hall–Kier alpha value is -8.73. The lowest BCUT2D eigenvalue weighted by Gasteiger charge is -2.53. The van der Waals surface area contributed by atoms with Crippen molar-refractivity contribution in [2.75, 3.05) is 180 Å². The highest BCUT2D eigenvalue weighted by Gasteiger charge is 2.48. The summed E-state index contributed by atoms with van der Waals surface area (Å²) in [5, 5.41) is 35.6. The molecular formula is C83H119N14O22PS. The number of hydrogen-bond acceptors (Lipinski definition) is 29. The minimum Gasteiger partial charge on any atom is -0.507 e. The fraction of sp³-hybridized carbons (Fsp3) is 0.590. The third-order valence-corrected chi connectivity index (χ3v) is 23.0. The lowest BCUT2D eigenvalue weighted by Crippen LogP contribution is -2.66. The number of amides is 6. The van der Waals surface area contributed by atoms with Crippen molar-refractivity contribution in [1.29, 1.82) is 0 Å². The van der Waals surface area contributed by atoms with Crippen LogP contribution < -0.4 is 41.5 Å². The van der Waals surface area contributed by atoms with Crippen LogP contribution in [0.15, 0.2) is 95.0 Å². The molecule has 0 aliphatic carbocycles. The van der Waals surface area contributed by atoms with Crippen molar-refractivity contribution < 1.29 is 105 Å². The van der Waals surface area contributed by atoms with E-state index >= 15 is 0 Å². The van der Waals surface area contributed by atoms with Gasteiger partial charge in [-0.2, -0.15) is 0 Å². The molecular weight excluding hydrogens is 1610 g/mol. The van der Waals surface area contributed by atoms with Crippen LogP contribution in [0.5, 0.6) is 11.6 Å². The number of piperidine rings is 1. The molecule has 8 atom stereocenters. The molecule has 0 bridgehead atoms. The first-order valence-corrected chi connectivity index (χ1v) is 43.9. The number of hydrogen-bond donors (Lipinski definition) is 8. The number of nitrogens with zero attached hydrogens (tertiary/aromatic N) is 9. The molecule has 10 rings (SSSR count). The third kappa shape index (κ3) is 28.4. The largest absolute Gasteiger partial charge is 0.507 e. The van der Waals surface area contributed by atoms with Gasteiger partial charge in [0.1, 0.15) is 43.0 Å². The number of ether oxygens (including phenoxy) is 10. The van der Waals surface area contributed by atoms with Crippen molar-refractivity contribution in [3.8, 4) is 33.3 Å². The fourth-order valence-corrected chi connectivity index (χ4v) is 16.3. The monoisotopic (exact) mass is 1730 g/mol. The minimum absolute atomic E-state index is 0.00274. The second-order valence-corrected chi connectivity index (χ2v) is 32.9. The number of nitrogens with one attached hydrogen (secondary N) is 4. The molecule has 6 aromatic rings. The Morgan fingerprint density at radius 3 is 1.90 bits per heavy atom. The van der Waals surface area contributed by atoms with Crippen molar-refractivity contribution in [2.24, 2.45) is 17.6 Å². The predicted molar refractivity (Wildman–Crippen MR) is 449 cm³/mol. The number of phenolic OH excluding ortho intramolecular Hbond substituents is 1. The molecule has 664 valence electrons. The zero-order valence-electron chi connectivity index (χ0n) is 70.3. The number of aromatic nitrogens is 4. The topological polar surface area (TPSA) is 437 Å². The number of benzene rings is 3. The Morgan fingerprint density at radius 2 is 1.31 bits per heavy atom. The fourth-order valence-electron chi connectivity index (χ4n) is 14.9. The lowest BCUT2D eigenvalue weighted by atomic mass is 9.91. The quantitative estimate of drug-likeness (QED) is 0.0147. The zero-order valence-corrected chi connectivity index (χ0v) is 72.0. The number of thiazole rings is 1. The maximum Gasteiger partial charge on any atom is 0.469 e. The molecule has 0 spiro atoms. The summed E-state index contributed by atoms with van der Waals surface area (Å²) in [5.74, 6) is -3.28. The van der Waals surface area contributed by atoms with Gasteiger partial charge >= 0.3 is 13.9 Å². The van der Waals surface area contributed by atoms with Crippen LogP contribution in [0.1, 0.15) is 109 Å². The summed E-state index contributed by atoms with van der Waals surface area (Å²) in [6.07, 6.45) is -0.180. The highest BCUT2D eigenvalue weighted by Crippen LogP contribution is 2.44. The van der Waals surface area contributed by atoms with E-state index in [0.717, 1.165) is 54.2 Å².